The highest BCUT2D eigenvalue weighted by atomic mass is 19.1. The van der Waals surface area contributed by atoms with Gasteiger partial charge in [-0.05, 0) is 44.1 Å². The van der Waals surface area contributed by atoms with E-state index in [-0.39, 0.29) is 18.6 Å². The molecular weight excluding hydrogens is 289 g/mol. The molecule has 116 valence electrons. The van der Waals surface area contributed by atoms with E-state index in [0.717, 1.165) is 31.5 Å². The van der Waals surface area contributed by atoms with E-state index >= 15 is 0 Å². The molecule has 1 unspecified atom stereocenters. The largest absolute Gasteiger partial charge is 0.454 e. The standard InChI is InChI=1S/C15H16FN3O3/c16-13(9-3-5-17-6-4-9)15-18-14(19-22-15)10-1-2-11-12(7-10)21-8-20-11/h1-2,7,9,13,17H,3-6,8H2. The van der Waals surface area contributed by atoms with Crippen LogP contribution in [0.15, 0.2) is 22.7 Å². The van der Waals surface area contributed by atoms with Crippen LogP contribution in [-0.4, -0.2) is 30.0 Å². The van der Waals surface area contributed by atoms with Crippen LogP contribution in [0.25, 0.3) is 11.4 Å². The van der Waals surface area contributed by atoms with Crippen molar-refractivity contribution in [3.05, 3.63) is 24.1 Å². The first-order chi connectivity index (χ1) is 10.8. The molecule has 3 heterocycles. The lowest BCUT2D eigenvalue weighted by Gasteiger charge is -2.23. The third kappa shape index (κ3) is 2.41. The maximum Gasteiger partial charge on any atom is 0.261 e. The number of nitrogens with one attached hydrogen (secondary N) is 1. The molecule has 1 N–H and O–H groups in total. The van der Waals surface area contributed by atoms with Gasteiger partial charge in [-0.3, -0.25) is 0 Å². The summed E-state index contributed by atoms with van der Waals surface area (Å²) in [6.07, 6.45) is 0.351. The average molecular weight is 305 g/mol. The molecule has 1 fully saturated rings. The zero-order valence-electron chi connectivity index (χ0n) is 11.9. The summed E-state index contributed by atoms with van der Waals surface area (Å²) in [7, 11) is 0. The lowest BCUT2D eigenvalue weighted by Crippen LogP contribution is -2.29. The fourth-order valence-electron chi connectivity index (χ4n) is 2.84. The van der Waals surface area contributed by atoms with Crippen LogP contribution in [0, 0.1) is 5.92 Å². The molecule has 0 bridgehead atoms. The van der Waals surface area contributed by atoms with Crippen molar-refractivity contribution in [3.8, 4) is 22.9 Å². The first-order valence-corrected chi connectivity index (χ1v) is 7.39. The maximum absolute atomic E-state index is 14.5. The Morgan fingerprint density at radius 1 is 1.18 bits per heavy atom. The lowest BCUT2D eigenvalue weighted by molar-refractivity contribution is 0.147. The topological polar surface area (TPSA) is 69.4 Å². The van der Waals surface area contributed by atoms with E-state index in [0.29, 0.717) is 17.3 Å². The first kappa shape index (κ1) is 13.5. The molecule has 4 rings (SSSR count). The second-order valence-electron chi connectivity index (χ2n) is 5.51. The van der Waals surface area contributed by atoms with Gasteiger partial charge >= 0.3 is 0 Å². The Morgan fingerprint density at radius 2 is 2.00 bits per heavy atom. The van der Waals surface area contributed by atoms with Crippen LogP contribution in [0.3, 0.4) is 0 Å². The molecule has 1 aromatic carbocycles. The summed E-state index contributed by atoms with van der Waals surface area (Å²) in [6.45, 7) is 1.86. The smallest absolute Gasteiger partial charge is 0.261 e. The van der Waals surface area contributed by atoms with Crippen LogP contribution in [0.4, 0.5) is 4.39 Å². The summed E-state index contributed by atoms with van der Waals surface area (Å²) in [6, 6.07) is 5.36. The SMILES string of the molecule is FC(c1nc(-c2ccc3c(c2)OCO3)no1)C1CCNCC1. The first-order valence-electron chi connectivity index (χ1n) is 7.39. The van der Waals surface area contributed by atoms with E-state index in [9.17, 15) is 4.39 Å². The average Bonchev–Trinajstić information content (AvgIpc) is 3.23. The molecule has 7 heteroatoms. The molecule has 6 nitrogen and oxygen atoms in total. The number of rotatable bonds is 3. The second-order valence-corrected chi connectivity index (χ2v) is 5.51. The number of hydrogen-bond acceptors (Lipinski definition) is 6. The van der Waals surface area contributed by atoms with Gasteiger partial charge < -0.3 is 19.3 Å². The molecule has 0 spiro atoms. The molecule has 1 atom stereocenters. The second kappa shape index (κ2) is 5.57. The minimum Gasteiger partial charge on any atom is -0.454 e. The Balaban J connectivity index is 1.55. The number of nitrogens with zero attached hydrogens (tertiary/aromatic N) is 2. The molecule has 2 aromatic rings. The van der Waals surface area contributed by atoms with Gasteiger partial charge in [-0.15, -0.1) is 0 Å². The minimum absolute atomic E-state index is 0.0552. The normalized spacial score (nSPS) is 19.3. The van der Waals surface area contributed by atoms with Crippen molar-refractivity contribution in [3.63, 3.8) is 0 Å². The molecule has 2 aliphatic rings. The Labute approximate surface area is 126 Å². The van der Waals surface area contributed by atoms with Crippen molar-refractivity contribution in [1.29, 1.82) is 0 Å². The van der Waals surface area contributed by atoms with Gasteiger partial charge in [-0.25, -0.2) is 4.39 Å². The van der Waals surface area contributed by atoms with Gasteiger partial charge in [-0.2, -0.15) is 4.98 Å². The zero-order valence-corrected chi connectivity index (χ0v) is 11.9. The Kier molecular flexibility index (Phi) is 3.42. The quantitative estimate of drug-likeness (QED) is 0.939. The van der Waals surface area contributed by atoms with Crippen molar-refractivity contribution >= 4 is 0 Å². The van der Waals surface area contributed by atoms with Gasteiger partial charge in [0.25, 0.3) is 5.89 Å². The summed E-state index contributed by atoms with van der Waals surface area (Å²) < 4.78 is 30.2. The highest BCUT2D eigenvalue weighted by Gasteiger charge is 2.29. The van der Waals surface area contributed by atoms with E-state index < -0.39 is 6.17 Å². The Morgan fingerprint density at radius 3 is 2.86 bits per heavy atom. The predicted octanol–water partition coefficient (Wildman–Crippen LogP) is 2.48. The third-order valence-electron chi connectivity index (χ3n) is 4.11. The van der Waals surface area contributed by atoms with Gasteiger partial charge in [0.15, 0.2) is 17.7 Å². The van der Waals surface area contributed by atoms with Crippen molar-refractivity contribution in [2.24, 2.45) is 5.92 Å². The monoisotopic (exact) mass is 305 g/mol. The third-order valence-corrected chi connectivity index (χ3v) is 4.11. The highest BCUT2D eigenvalue weighted by Crippen LogP contribution is 2.36. The summed E-state index contributed by atoms with van der Waals surface area (Å²) in [5.74, 6) is 1.68. The number of alkyl halides is 1. The number of halogens is 1. The number of fused-ring (bicyclic) bond motifs is 1. The maximum atomic E-state index is 14.5. The Bertz CT molecular complexity index is 670. The molecule has 0 radical (unpaired) electrons. The molecule has 1 aromatic heterocycles. The van der Waals surface area contributed by atoms with Crippen molar-refractivity contribution in [2.75, 3.05) is 19.9 Å². The molecule has 0 saturated carbocycles. The number of aromatic nitrogens is 2. The molecule has 0 aliphatic carbocycles. The molecule has 1 saturated heterocycles. The van der Waals surface area contributed by atoms with Gasteiger partial charge in [0.1, 0.15) is 0 Å². The van der Waals surface area contributed by atoms with Gasteiger partial charge in [0.2, 0.25) is 12.6 Å². The summed E-state index contributed by atoms with van der Waals surface area (Å²) >= 11 is 0. The van der Waals surface area contributed by atoms with E-state index in [1.807, 2.05) is 0 Å². The van der Waals surface area contributed by atoms with Crippen LogP contribution < -0.4 is 14.8 Å². The zero-order chi connectivity index (χ0) is 14.9. The highest BCUT2D eigenvalue weighted by molar-refractivity contribution is 5.61. The van der Waals surface area contributed by atoms with Gasteiger partial charge in [0.05, 0.1) is 0 Å². The predicted molar refractivity (Wildman–Crippen MR) is 75.3 cm³/mol. The minimum atomic E-state index is -1.21. The van der Waals surface area contributed by atoms with Gasteiger partial charge in [-0.1, -0.05) is 5.16 Å². The van der Waals surface area contributed by atoms with E-state index in [1.165, 1.54) is 0 Å². The van der Waals surface area contributed by atoms with E-state index in [2.05, 4.69) is 15.5 Å². The van der Waals surface area contributed by atoms with Crippen LogP contribution in [0.1, 0.15) is 24.9 Å². The van der Waals surface area contributed by atoms with Crippen molar-refractivity contribution in [1.82, 2.24) is 15.5 Å². The lowest BCUT2D eigenvalue weighted by atomic mass is 9.93. The summed E-state index contributed by atoms with van der Waals surface area (Å²) in [5.41, 5.74) is 0.719. The van der Waals surface area contributed by atoms with Crippen LogP contribution >= 0.6 is 0 Å². The number of ether oxygens (including phenoxy) is 2. The molecule has 0 amide bonds. The number of piperidine rings is 1. The fraction of sp³-hybridized carbons (Fsp3) is 0.467. The van der Waals surface area contributed by atoms with Crippen LogP contribution in [-0.2, 0) is 0 Å². The summed E-state index contributed by atoms with van der Waals surface area (Å²) in [4.78, 5) is 4.21. The Hall–Kier alpha value is -2.15. The van der Waals surface area contributed by atoms with Crippen LogP contribution in [0.5, 0.6) is 11.5 Å². The molecular formula is C15H16FN3O3. The number of hydrogen-bond donors (Lipinski definition) is 1. The summed E-state index contributed by atoms with van der Waals surface area (Å²) in [5, 5.41) is 7.11. The van der Waals surface area contributed by atoms with Crippen molar-refractivity contribution < 1.29 is 18.4 Å². The van der Waals surface area contributed by atoms with Gasteiger partial charge in [0, 0.05) is 11.5 Å². The molecule has 22 heavy (non-hydrogen) atoms. The van der Waals surface area contributed by atoms with Crippen molar-refractivity contribution in [2.45, 2.75) is 19.0 Å². The molecule has 2 aliphatic heterocycles. The van der Waals surface area contributed by atoms with E-state index in [4.69, 9.17) is 14.0 Å². The fourth-order valence-corrected chi connectivity index (χ4v) is 2.84. The van der Waals surface area contributed by atoms with Crippen LogP contribution in [0.2, 0.25) is 0 Å². The number of benzene rings is 1. The van der Waals surface area contributed by atoms with E-state index in [1.54, 1.807) is 18.2 Å².